The Labute approximate surface area is 134 Å². The van der Waals surface area contributed by atoms with Gasteiger partial charge in [0.25, 0.3) is 5.91 Å². The van der Waals surface area contributed by atoms with Crippen molar-refractivity contribution in [1.82, 2.24) is 10.2 Å². The molecule has 1 aromatic rings. The number of nitrogens with zero attached hydrogens (tertiary/aromatic N) is 2. The van der Waals surface area contributed by atoms with Crippen LogP contribution in [0, 0.1) is 17.2 Å². The van der Waals surface area contributed by atoms with E-state index in [0.717, 1.165) is 0 Å². The number of amides is 1. The van der Waals surface area contributed by atoms with Gasteiger partial charge >= 0.3 is 5.97 Å². The van der Waals surface area contributed by atoms with Crippen LogP contribution in [0.4, 0.5) is 0 Å². The maximum atomic E-state index is 12.0. The fraction of sp³-hybridized carbons (Fsp3) is 0.438. The average molecular weight is 317 g/mol. The van der Waals surface area contributed by atoms with Crippen molar-refractivity contribution in [3.63, 3.8) is 0 Å². The van der Waals surface area contributed by atoms with Gasteiger partial charge in [-0.15, -0.1) is 0 Å². The standard InChI is InChI=1S/C16H19N3O4/c1-22-16(21)12-4-6-19(7-5-12)11-13(9-17)15(20)18-10-14-3-2-8-23-14/h2-3,8,11-12H,4-7,10H2,1H3,(H,18,20)/b13-11+. The van der Waals surface area contributed by atoms with E-state index >= 15 is 0 Å². The number of esters is 1. The Morgan fingerprint density at radius 1 is 1.52 bits per heavy atom. The summed E-state index contributed by atoms with van der Waals surface area (Å²) in [5.74, 6) is -0.137. The number of piperidine rings is 1. The summed E-state index contributed by atoms with van der Waals surface area (Å²) >= 11 is 0. The Morgan fingerprint density at radius 3 is 2.83 bits per heavy atom. The lowest BCUT2D eigenvalue weighted by Gasteiger charge is -2.29. The minimum Gasteiger partial charge on any atom is -0.469 e. The van der Waals surface area contributed by atoms with Gasteiger partial charge in [0, 0.05) is 19.3 Å². The number of likely N-dealkylation sites (tertiary alicyclic amines) is 1. The van der Waals surface area contributed by atoms with Gasteiger partial charge in [-0.1, -0.05) is 0 Å². The minimum atomic E-state index is -0.445. The Morgan fingerprint density at radius 2 is 2.26 bits per heavy atom. The van der Waals surface area contributed by atoms with Crippen molar-refractivity contribution in [3.8, 4) is 6.07 Å². The van der Waals surface area contributed by atoms with E-state index in [1.807, 2.05) is 11.0 Å². The molecule has 2 rings (SSSR count). The summed E-state index contributed by atoms with van der Waals surface area (Å²) in [6.45, 7) is 1.45. The lowest BCUT2D eigenvalue weighted by molar-refractivity contribution is -0.146. The van der Waals surface area contributed by atoms with E-state index in [4.69, 9.17) is 14.4 Å². The molecular formula is C16H19N3O4. The molecule has 0 saturated carbocycles. The van der Waals surface area contributed by atoms with E-state index in [2.05, 4.69) is 5.32 Å². The van der Waals surface area contributed by atoms with Crippen LogP contribution in [0.3, 0.4) is 0 Å². The molecule has 1 aliphatic heterocycles. The molecule has 0 unspecified atom stereocenters. The topological polar surface area (TPSA) is 95.6 Å². The highest BCUT2D eigenvalue weighted by Gasteiger charge is 2.25. The summed E-state index contributed by atoms with van der Waals surface area (Å²) in [7, 11) is 1.38. The van der Waals surface area contributed by atoms with Gasteiger partial charge in [0.2, 0.25) is 0 Å². The maximum Gasteiger partial charge on any atom is 0.308 e. The first-order valence-electron chi connectivity index (χ1n) is 7.38. The van der Waals surface area contributed by atoms with Gasteiger partial charge in [-0.05, 0) is 25.0 Å². The summed E-state index contributed by atoms with van der Waals surface area (Å²) in [6.07, 6.45) is 4.37. The van der Waals surface area contributed by atoms with Gasteiger partial charge in [0.05, 0.1) is 25.8 Å². The minimum absolute atomic E-state index is 0.0353. The van der Waals surface area contributed by atoms with Crippen molar-refractivity contribution in [2.24, 2.45) is 5.92 Å². The third-order valence-corrected chi connectivity index (χ3v) is 3.74. The molecule has 23 heavy (non-hydrogen) atoms. The molecule has 0 aromatic carbocycles. The van der Waals surface area contributed by atoms with Gasteiger partial charge in [-0.25, -0.2) is 0 Å². The molecule has 2 heterocycles. The van der Waals surface area contributed by atoms with Crippen LogP contribution in [0.5, 0.6) is 0 Å². The summed E-state index contributed by atoms with van der Waals surface area (Å²) in [5, 5.41) is 11.8. The highest BCUT2D eigenvalue weighted by atomic mass is 16.5. The van der Waals surface area contributed by atoms with Gasteiger partial charge in [-0.3, -0.25) is 9.59 Å². The molecule has 122 valence electrons. The van der Waals surface area contributed by atoms with Crippen molar-refractivity contribution < 1.29 is 18.7 Å². The number of furan rings is 1. The Bertz CT molecular complexity index is 608. The number of methoxy groups -OCH3 is 1. The lowest BCUT2D eigenvalue weighted by Crippen LogP contribution is -2.34. The van der Waals surface area contributed by atoms with Crippen LogP contribution in [0.2, 0.25) is 0 Å². The number of carbonyl (C=O) groups is 2. The van der Waals surface area contributed by atoms with Crippen molar-refractivity contribution in [1.29, 1.82) is 5.26 Å². The molecule has 0 spiro atoms. The fourth-order valence-corrected chi connectivity index (χ4v) is 2.43. The van der Waals surface area contributed by atoms with Crippen LogP contribution in [-0.2, 0) is 20.9 Å². The molecule has 0 radical (unpaired) electrons. The van der Waals surface area contributed by atoms with Crippen LogP contribution in [-0.4, -0.2) is 37.0 Å². The van der Waals surface area contributed by atoms with E-state index in [1.54, 1.807) is 18.3 Å². The number of hydrogen-bond donors (Lipinski definition) is 1. The molecule has 1 amide bonds. The largest absolute Gasteiger partial charge is 0.469 e. The van der Waals surface area contributed by atoms with E-state index in [1.165, 1.54) is 13.4 Å². The SMILES string of the molecule is COC(=O)C1CCN(/C=C(\C#N)C(=O)NCc2ccco2)CC1. The summed E-state index contributed by atoms with van der Waals surface area (Å²) in [5.41, 5.74) is 0.0353. The normalized spacial score (nSPS) is 15.8. The quantitative estimate of drug-likeness (QED) is 0.498. The number of rotatable bonds is 5. The third-order valence-electron chi connectivity index (χ3n) is 3.74. The molecule has 1 aliphatic rings. The third kappa shape index (κ3) is 4.61. The molecule has 0 aliphatic carbocycles. The van der Waals surface area contributed by atoms with Crippen molar-refractivity contribution in [3.05, 3.63) is 35.9 Å². The van der Waals surface area contributed by atoms with Gasteiger partial charge in [0.15, 0.2) is 0 Å². The molecular weight excluding hydrogens is 298 g/mol. The smallest absolute Gasteiger partial charge is 0.308 e. The second kappa shape index (κ2) is 8.03. The first-order chi connectivity index (χ1) is 11.1. The lowest BCUT2D eigenvalue weighted by atomic mass is 9.97. The van der Waals surface area contributed by atoms with Crippen molar-refractivity contribution in [2.75, 3.05) is 20.2 Å². The highest BCUT2D eigenvalue weighted by molar-refractivity contribution is 5.97. The van der Waals surface area contributed by atoms with E-state index in [9.17, 15) is 9.59 Å². The predicted molar refractivity (Wildman–Crippen MR) is 80.6 cm³/mol. The summed E-state index contributed by atoms with van der Waals surface area (Å²) in [4.78, 5) is 25.4. The average Bonchev–Trinajstić information content (AvgIpc) is 3.11. The van der Waals surface area contributed by atoms with Gasteiger partial charge < -0.3 is 19.4 Å². The zero-order chi connectivity index (χ0) is 16.7. The number of nitriles is 1. The number of carbonyl (C=O) groups excluding carboxylic acids is 2. The molecule has 0 bridgehead atoms. The first kappa shape index (κ1) is 16.6. The van der Waals surface area contributed by atoms with E-state index < -0.39 is 5.91 Å². The highest BCUT2D eigenvalue weighted by Crippen LogP contribution is 2.19. The molecule has 1 aromatic heterocycles. The van der Waals surface area contributed by atoms with Crippen LogP contribution in [0.15, 0.2) is 34.6 Å². The number of hydrogen-bond acceptors (Lipinski definition) is 6. The van der Waals surface area contributed by atoms with Crippen molar-refractivity contribution >= 4 is 11.9 Å². The fourth-order valence-electron chi connectivity index (χ4n) is 2.43. The van der Waals surface area contributed by atoms with Crippen LogP contribution < -0.4 is 5.32 Å². The molecule has 7 heteroatoms. The van der Waals surface area contributed by atoms with Gasteiger partial charge in [-0.2, -0.15) is 5.26 Å². The Balaban J connectivity index is 1.88. The number of nitrogens with one attached hydrogen (secondary N) is 1. The Hall–Kier alpha value is -2.75. The second-order valence-electron chi connectivity index (χ2n) is 5.25. The summed E-state index contributed by atoms with van der Waals surface area (Å²) in [6, 6.07) is 5.38. The predicted octanol–water partition coefficient (Wildman–Crippen LogP) is 1.19. The van der Waals surface area contributed by atoms with Crippen molar-refractivity contribution in [2.45, 2.75) is 19.4 Å². The first-order valence-corrected chi connectivity index (χ1v) is 7.38. The maximum absolute atomic E-state index is 12.0. The second-order valence-corrected chi connectivity index (χ2v) is 5.25. The molecule has 0 atom stereocenters. The van der Waals surface area contributed by atoms with E-state index in [-0.39, 0.29) is 24.0 Å². The van der Waals surface area contributed by atoms with E-state index in [0.29, 0.717) is 31.7 Å². The molecule has 1 fully saturated rings. The number of ether oxygens (including phenoxy) is 1. The monoisotopic (exact) mass is 317 g/mol. The molecule has 7 nitrogen and oxygen atoms in total. The van der Waals surface area contributed by atoms with Crippen LogP contribution >= 0.6 is 0 Å². The van der Waals surface area contributed by atoms with Crippen LogP contribution in [0.1, 0.15) is 18.6 Å². The Kier molecular flexibility index (Phi) is 5.80. The molecule has 1 saturated heterocycles. The summed E-state index contributed by atoms with van der Waals surface area (Å²) < 4.78 is 9.86. The zero-order valence-corrected chi connectivity index (χ0v) is 12.9. The zero-order valence-electron chi connectivity index (χ0n) is 12.9. The van der Waals surface area contributed by atoms with Gasteiger partial charge in [0.1, 0.15) is 17.4 Å². The van der Waals surface area contributed by atoms with Crippen LogP contribution in [0.25, 0.3) is 0 Å². The molecule has 1 N–H and O–H groups in total.